The number of fused-ring (bicyclic) bond motifs is 4. The first kappa shape index (κ1) is 29.3. The van der Waals surface area contributed by atoms with Crippen LogP contribution in [0, 0.1) is 19.8 Å². The molecule has 3 aromatic rings. The molecule has 1 atom stereocenters. The molecule has 2 aromatic heterocycles. The maximum atomic E-state index is 14.1. The zero-order valence-electron chi connectivity index (χ0n) is 26.0. The summed E-state index contributed by atoms with van der Waals surface area (Å²) in [5, 5.41) is 0.835. The van der Waals surface area contributed by atoms with Crippen LogP contribution in [0.3, 0.4) is 0 Å². The molecule has 220 valence electrons. The van der Waals surface area contributed by atoms with Crippen molar-refractivity contribution < 1.29 is 14.3 Å². The molecule has 1 amide bonds. The van der Waals surface area contributed by atoms with E-state index in [4.69, 9.17) is 15.5 Å². The average molecular weight is 559 g/mol. The highest BCUT2D eigenvalue weighted by molar-refractivity contribution is 5.99. The van der Waals surface area contributed by atoms with Gasteiger partial charge in [0.15, 0.2) is 0 Å². The lowest BCUT2D eigenvalue weighted by Gasteiger charge is -2.47. The van der Waals surface area contributed by atoms with Crippen LogP contribution < -0.4 is 5.73 Å². The minimum absolute atomic E-state index is 0.0642. The Morgan fingerprint density at radius 1 is 1.02 bits per heavy atom. The third-order valence-corrected chi connectivity index (χ3v) is 8.99. The van der Waals surface area contributed by atoms with Crippen molar-refractivity contribution >= 4 is 23.0 Å². The molecule has 2 aliphatic heterocycles. The lowest BCUT2D eigenvalue weighted by Crippen LogP contribution is -2.55. The van der Waals surface area contributed by atoms with Crippen molar-refractivity contribution in [2.24, 2.45) is 11.7 Å². The number of amides is 1. The molecule has 1 aromatic carbocycles. The van der Waals surface area contributed by atoms with Crippen molar-refractivity contribution in [1.82, 2.24) is 14.5 Å². The van der Waals surface area contributed by atoms with Crippen LogP contribution in [-0.4, -0.2) is 51.2 Å². The number of carbonyl (C=O) groups is 2. The van der Waals surface area contributed by atoms with Crippen LogP contribution in [0.4, 0.5) is 4.79 Å². The average Bonchev–Trinajstić information content (AvgIpc) is 3.26. The van der Waals surface area contributed by atoms with Gasteiger partial charge in [-0.05, 0) is 127 Å². The highest BCUT2D eigenvalue weighted by Crippen LogP contribution is 2.42. The van der Waals surface area contributed by atoms with E-state index in [-0.39, 0.29) is 11.8 Å². The molecule has 41 heavy (non-hydrogen) atoms. The summed E-state index contributed by atoms with van der Waals surface area (Å²) in [4.78, 5) is 34.9. The number of hydrogen-bond acceptors (Lipinski definition) is 5. The first-order valence-electron chi connectivity index (χ1n) is 15.1. The quantitative estimate of drug-likeness (QED) is 0.370. The Bertz CT molecular complexity index is 1470. The van der Waals surface area contributed by atoms with Crippen LogP contribution in [0.2, 0.25) is 0 Å². The third-order valence-electron chi connectivity index (χ3n) is 8.99. The Balaban J connectivity index is 1.72. The first-order valence-corrected chi connectivity index (χ1v) is 15.1. The minimum Gasteiger partial charge on any atom is -0.443 e. The summed E-state index contributed by atoms with van der Waals surface area (Å²) in [6.07, 6.45) is 5.93. The smallest absolute Gasteiger partial charge is 0.420 e. The van der Waals surface area contributed by atoms with Gasteiger partial charge in [-0.3, -0.25) is 4.79 Å². The van der Waals surface area contributed by atoms with Crippen LogP contribution in [0.1, 0.15) is 95.4 Å². The van der Waals surface area contributed by atoms with E-state index in [1.807, 2.05) is 34.6 Å². The van der Waals surface area contributed by atoms with Crippen molar-refractivity contribution in [1.29, 1.82) is 0 Å². The van der Waals surface area contributed by atoms with E-state index >= 15 is 0 Å². The number of nitrogens with zero attached hydrogens (tertiary/aromatic N) is 3. The van der Waals surface area contributed by atoms with Crippen LogP contribution in [0.5, 0.6) is 0 Å². The number of hydrogen-bond donors (Lipinski definition) is 1. The predicted molar refractivity (Wildman–Crippen MR) is 164 cm³/mol. The second kappa shape index (κ2) is 10.6. The number of piperidine rings is 2. The summed E-state index contributed by atoms with van der Waals surface area (Å²) < 4.78 is 7.53. The van der Waals surface area contributed by atoms with Crippen molar-refractivity contribution in [3.05, 3.63) is 52.7 Å². The molecule has 4 heterocycles. The molecule has 1 saturated carbocycles. The molecule has 7 nitrogen and oxygen atoms in total. The van der Waals surface area contributed by atoms with Crippen LogP contribution >= 0.6 is 0 Å². The zero-order valence-corrected chi connectivity index (χ0v) is 26.0. The standard InChI is InChI=1S/C34H46N4O3/c1-20-13-21(2)15-24(14-20)29-28(22(3)17-35)27-16-25(18-36-30(27)38(29)32(40)41-33(4,5)6)34(7,8)31(39)37-19-23-9-11-26(37)12-10-23/h13-16,18,22-23,26H,9-12,17,19,35H2,1-8H3/t22-,23?,26?/m1/s1. The summed E-state index contributed by atoms with van der Waals surface area (Å²) in [5.41, 5.74) is 11.0. The zero-order chi connectivity index (χ0) is 29.9. The Labute approximate surface area is 244 Å². The van der Waals surface area contributed by atoms with E-state index in [9.17, 15) is 9.59 Å². The molecule has 3 aliphatic rings. The Hall–Kier alpha value is -3.19. The number of aryl methyl sites for hydroxylation is 2. The summed E-state index contributed by atoms with van der Waals surface area (Å²) in [5.74, 6) is 0.703. The normalized spacial score (nSPS) is 20.0. The van der Waals surface area contributed by atoms with Gasteiger partial charge in [-0.15, -0.1) is 0 Å². The van der Waals surface area contributed by atoms with Crippen molar-refractivity contribution in [2.75, 3.05) is 13.1 Å². The number of nitrogens with two attached hydrogens (primary N) is 1. The number of aromatic nitrogens is 2. The number of benzene rings is 1. The maximum Gasteiger partial charge on any atom is 0.420 e. The second-order valence-corrected chi connectivity index (χ2v) is 13.9. The van der Waals surface area contributed by atoms with E-state index in [0.717, 1.165) is 58.3 Å². The Morgan fingerprint density at radius 2 is 1.66 bits per heavy atom. The third kappa shape index (κ3) is 5.41. The molecule has 0 unspecified atom stereocenters. The van der Waals surface area contributed by atoms with Crippen molar-refractivity contribution in [3.63, 3.8) is 0 Å². The highest BCUT2D eigenvalue weighted by atomic mass is 16.6. The van der Waals surface area contributed by atoms with E-state index < -0.39 is 17.1 Å². The molecular formula is C34H46N4O3. The number of ether oxygens (including phenoxy) is 1. The van der Waals surface area contributed by atoms with Gasteiger partial charge in [0.25, 0.3) is 0 Å². The molecule has 6 rings (SSSR count). The summed E-state index contributed by atoms with van der Waals surface area (Å²) in [6, 6.07) is 8.70. The topological polar surface area (TPSA) is 90.5 Å². The lowest BCUT2D eigenvalue weighted by molar-refractivity contribution is -0.144. The van der Waals surface area contributed by atoms with Gasteiger partial charge in [0, 0.05) is 24.2 Å². The van der Waals surface area contributed by atoms with Gasteiger partial charge in [0.05, 0.1) is 11.1 Å². The van der Waals surface area contributed by atoms with E-state index in [1.165, 1.54) is 12.8 Å². The molecule has 2 saturated heterocycles. The van der Waals surface area contributed by atoms with Crippen LogP contribution in [0.15, 0.2) is 30.5 Å². The van der Waals surface area contributed by atoms with Crippen LogP contribution in [0.25, 0.3) is 22.3 Å². The summed E-state index contributed by atoms with van der Waals surface area (Å²) >= 11 is 0. The Morgan fingerprint density at radius 3 is 2.20 bits per heavy atom. The fraction of sp³-hybridized carbons (Fsp3) is 0.559. The summed E-state index contributed by atoms with van der Waals surface area (Å²) in [6.45, 7) is 17.0. The molecule has 2 bridgehead atoms. The van der Waals surface area contributed by atoms with Crippen molar-refractivity contribution in [3.8, 4) is 11.3 Å². The van der Waals surface area contributed by atoms with Gasteiger partial charge in [-0.2, -0.15) is 0 Å². The minimum atomic E-state index is -0.768. The molecule has 0 radical (unpaired) electrons. The monoisotopic (exact) mass is 558 g/mol. The van der Waals surface area contributed by atoms with Gasteiger partial charge in [-0.1, -0.05) is 24.1 Å². The SMILES string of the molecule is Cc1cc(C)cc(-c2c([C@H](C)CN)c3cc(C(C)(C)C(=O)N4CC5CCC4CC5)cnc3n2C(=O)OC(C)(C)C)c1. The number of pyridine rings is 1. The molecule has 1 aliphatic carbocycles. The Kier molecular flexibility index (Phi) is 7.56. The number of rotatable bonds is 5. The maximum absolute atomic E-state index is 14.1. The van der Waals surface area contributed by atoms with Gasteiger partial charge < -0.3 is 15.4 Å². The second-order valence-electron chi connectivity index (χ2n) is 13.9. The largest absolute Gasteiger partial charge is 0.443 e. The molecule has 2 N–H and O–H groups in total. The van der Waals surface area contributed by atoms with Gasteiger partial charge >= 0.3 is 6.09 Å². The fourth-order valence-corrected chi connectivity index (χ4v) is 6.83. The lowest BCUT2D eigenvalue weighted by atomic mass is 9.76. The molecule has 7 heteroatoms. The highest BCUT2D eigenvalue weighted by Gasteiger charge is 2.43. The first-order chi connectivity index (χ1) is 19.2. The number of carbonyl (C=O) groups excluding carboxylic acids is 2. The summed E-state index contributed by atoms with van der Waals surface area (Å²) in [7, 11) is 0. The molecular weight excluding hydrogens is 512 g/mol. The van der Waals surface area contributed by atoms with Gasteiger partial charge in [0.2, 0.25) is 5.91 Å². The fourth-order valence-electron chi connectivity index (χ4n) is 6.83. The van der Waals surface area contributed by atoms with Gasteiger partial charge in [0.1, 0.15) is 11.2 Å². The predicted octanol–water partition coefficient (Wildman–Crippen LogP) is 6.84. The van der Waals surface area contributed by atoms with Crippen LogP contribution in [-0.2, 0) is 14.9 Å². The van der Waals surface area contributed by atoms with E-state index in [1.54, 1.807) is 10.8 Å². The van der Waals surface area contributed by atoms with E-state index in [0.29, 0.717) is 24.2 Å². The molecule has 3 fully saturated rings. The van der Waals surface area contributed by atoms with Gasteiger partial charge in [-0.25, -0.2) is 14.3 Å². The van der Waals surface area contributed by atoms with Crippen molar-refractivity contribution in [2.45, 2.75) is 104 Å². The van der Waals surface area contributed by atoms with E-state index in [2.05, 4.69) is 49.9 Å². The molecule has 0 spiro atoms.